The first-order valence-corrected chi connectivity index (χ1v) is 6.23. The second-order valence-corrected chi connectivity index (χ2v) is 4.89. The molecule has 1 aliphatic heterocycles. The molecule has 92 valence electrons. The van der Waals surface area contributed by atoms with E-state index in [9.17, 15) is 4.79 Å². The van der Waals surface area contributed by atoms with E-state index < -0.39 is 0 Å². The number of likely N-dealkylation sites (tertiary alicyclic amines) is 1. The van der Waals surface area contributed by atoms with E-state index in [1.807, 2.05) is 30.3 Å². The Bertz CT molecular complexity index is 377. The van der Waals surface area contributed by atoms with Crippen LogP contribution in [0.1, 0.15) is 30.1 Å². The minimum Gasteiger partial charge on any atom is -0.349 e. The monoisotopic (exact) mass is 232 g/mol. The predicted octanol–water partition coefficient (Wildman–Crippen LogP) is 1.90. The van der Waals surface area contributed by atoms with E-state index in [1.54, 1.807) is 0 Å². The zero-order valence-corrected chi connectivity index (χ0v) is 10.5. The number of nitrogens with zero attached hydrogens (tertiary/aromatic N) is 1. The van der Waals surface area contributed by atoms with Gasteiger partial charge in [0.15, 0.2) is 0 Å². The fourth-order valence-electron chi connectivity index (χ4n) is 2.28. The minimum absolute atomic E-state index is 0.0485. The Morgan fingerprint density at radius 1 is 1.35 bits per heavy atom. The number of carbonyl (C=O) groups is 1. The van der Waals surface area contributed by atoms with Crippen LogP contribution in [0.4, 0.5) is 0 Å². The molecule has 2 rings (SSSR count). The normalized spacial score (nSPS) is 25.5. The third kappa shape index (κ3) is 3.07. The molecule has 1 aliphatic rings. The van der Waals surface area contributed by atoms with Crippen molar-refractivity contribution < 1.29 is 4.79 Å². The van der Waals surface area contributed by atoms with Crippen molar-refractivity contribution in [2.75, 3.05) is 13.6 Å². The van der Waals surface area contributed by atoms with Crippen molar-refractivity contribution in [3.05, 3.63) is 35.9 Å². The average Bonchev–Trinajstić information content (AvgIpc) is 2.35. The van der Waals surface area contributed by atoms with Gasteiger partial charge in [0, 0.05) is 24.2 Å². The highest BCUT2D eigenvalue weighted by atomic mass is 16.1. The Balaban J connectivity index is 1.92. The van der Waals surface area contributed by atoms with Gasteiger partial charge in [-0.1, -0.05) is 18.2 Å². The molecule has 2 atom stereocenters. The molecule has 1 fully saturated rings. The molecular formula is C14H20N2O. The molecule has 3 heteroatoms. The lowest BCUT2D eigenvalue weighted by Crippen LogP contribution is -2.47. The molecule has 17 heavy (non-hydrogen) atoms. The van der Waals surface area contributed by atoms with Crippen molar-refractivity contribution in [1.82, 2.24) is 10.2 Å². The second-order valence-electron chi connectivity index (χ2n) is 4.89. The van der Waals surface area contributed by atoms with Gasteiger partial charge in [0.1, 0.15) is 0 Å². The standard InChI is InChI=1S/C14H20N2O/c1-11-10-13(8-9-16(11)2)15-14(17)12-6-4-3-5-7-12/h3-7,11,13H,8-10H2,1-2H3,(H,15,17). The van der Waals surface area contributed by atoms with Crippen LogP contribution < -0.4 is 5.32 Å². The molecule has 1 aromatic carbocycles. The molecule has 0 spiro atoms. The molecule has 2 unspecified atom stereocenters. The van der Waals surface area contributed by atoms with E-state index in [1.165, 1.54) is 0 Å². The van der Waals surface area contributed by atoms with Gasteiger partial charge in [-0.2, -0.15) is 0 Å². The first kappa shape index (κ1) is 12.1. The lowest BCUT2D eigenvalue weighted by Gasteiger charge is -2.35. The molecule has 1 N–H and O–H groups in total. The van der Waals surface area contributed by atoms with Crippen molar-refractivity contribution in [3.8, 4) is 0 Å². The second kappa shape index (κ2) is 5.32. The molecule has 1 aromatic rings. The predicted molar refractivity (Wildman–Crippen MR) is 69.0 cm³/mol. The van der Waals surface area contributed by atoms with Gasteiger partial charge in [0.05, 0.1) is 0 Å². The fourth-order valence-corrected chi connectivity index (χ4v) is 2.28. The van der Waals surface area contributed by atoms with E-state index >= 15 is 0 Å². The average molecular weight is 232 g/mol. The topological polar surface area (TPSA) is 32.3 Å². The summed E-state index contributed by atoms with van der Waals surface area (Å²) in [5, 5.41) is 3.12. The molecule has 0 aromatic heterocycles. The summed E-state index contributed by atoms with van der Waals surface area (Å²) < 4.78 is 0. The van der Waals surface area contributed by atoms with Gasteiger partial charge in [0.25, 0.3) is 5.91 Å². The summed E-state index contributed by atoms with van der Waals surface area (Å²) in [6.07, 6.45) is 2.08. The van der Waals surface area contributed by atoms with Gasteiger partial charge >= 0.3 is 0 Å². The summed E-state index contributed by atoms with van der Waals surface area (Å²) in [5.74, 6) is 0.0485. The van der Waals surface area contributed by atoms with E-state index in [0.717, 1.165) is 24.9 Å². The Kier molecular flexibility index (Phi) is 3.79. The molecule has 0 saturated carbocycles. The van der Waals surface area contributed by atoms with E-state index in [4.69, 9.17) is 0 Å². The van der Waals surface area contributed by atoms with Gasteiger partial charge in [-0.15, -0.1) is 0 Å². The maximum atomic E-state index is 12.0. The Labute approximate surface area is 103 Å². The number of benzene rings is 1. The molecule has 1 saturated heterocycles. The highest BCUT2D eigenvalue weighted by Gasteiger charge is 2.23. The van der Waals surface area contributed by atoms with Crippen LogP contribution in [0.25, 0.3) is 0 Å². The molecule has 1 heterocycles. The minimum atomic E-state index is 0.0485. The summed E-state index contributed by atoms with van der Waals surface area (Å²) in [6, 6.07) is 10.3. The smallest absolute Gasteiger partial charge is 0.251 e. The van der Waals surface area contributed by atoms with Crippen molar-refractivity contribution in [2.24, 2.45) is 0 Å². The van der Waals surface area contributed by atoms with Gasteiger partial charge < -0.3 is 10.2 Å². The molecule has 0 radical (unpaired) electrons. The van der Waals surface area contributed by atoms with Gasteiger partial charge in [0.2, 0.25) is 0 Å². The molecular weight excluding hydrogens is 212 g/mol. The number of nitrogens with one attached hydrogen (secondary N) is 1. The highest BCUT2D eigenvalue weighted by molar-refractivity contribution is 5.94. The van der Waals surface area contributed by atoms with Crippen molar-refractivity contribution in [2.45, 2.75) is 31.8 Å². The lowest BCUT2D eigenvalue weighted by molar-refractivity contribution is 0.0896. The number of rotatable bonds is 2. The van der Waals surface area contributed by atoms with Crippen molar-refractivity contribution >= 4 is 5.91 Å². The maximum absolute atomic E-state index is 12.0. The summed E-state index contributed by atoms with van der Waals surface area (Å²) in [5.41, 5.74) is 0.749. The van der Waals surface area contributed by atoms with Crippen LogP contribution in [0, 0.1) is 0 Å². The maximum Gasteiger partial charge on any atom is 0.251 e. The Hall–Kier alpha value is -1.35. The van der Waals surface area contributed by atoms with Crippen molar-refractivity contribution in [1.29, 1.82) is 0 Å². The summed E-state index contributed by atoms with van der Waals surface area (Å²) in [7, 11) is 2.14. The lowest BCUT2D eigenvalue weighted by atomic mass is 9.98. The van der Waals surface area contributed by atoms with Gasteiger partial charge in [-0.25, -0.2) is 0 Å². The molecule has 0 aliphatic carbocycles. The highest BCUT2D eigenvalue weighted by Crippen LogP contribution is 2.15. The molecule has 1 amide bonds. The first-order chi connectivity index (χ1) is 8.16. The Morgan fingerprint density at radius 2 is 2.06 bits per heavy atom. The summed E-state index contributed by atoms with van der Waals surface area (Å²) in [4.78, 5) is 14.3. The number of piperidine rings is 1. The summed E-state index contributed by atoms with van der Waals surface area (Å²) >= 11 is 0. The third-order valence-corrected chi connectivity index (χ3v) is 3.58. The number of hydrogen-bond acceptors (Lipinski definition) is 2. The van der Waals surface area contributed by atoms with E-state index in [-0.39, 0.29) is 5.91 Å². The zero-order chi connectivity index (χ0) is 12.3. The van der Waals surface area contributed by atoms with Crippen LogP contribution in [0.3, 0.4) is 0 Å². The van der Waals surface area contributed by atoms with Gasteiger partial charge in [-0.05, 0) is 38.9 Å². The number of carbonyl (C=O) groups excluding carboxylic acids is 1. The number of amides is 1. The van der Waals surface area contributed by atoms with E-state index in [2.05, 4.69) is 24.2 Å². The van der Waals surface area contributed by atoms with Crippen LogP contribution in [-0.4, -0.2) is 36.5 Å². The molecule has 0 bridgehead atoms. The molecule has 3 nitrogen and oxygen atoms in total. The zero-order valence-electron chi connectivity index (χ0n) is 10.5. The van der Waals surface area contributed by atoms with Crippen LogP contribution in [0.15, 0.2) is 30.3 Å². The SMILES string of the molecule is CC1CC(NC(=O)c2ccccc2)CCN1C. The van der Waals surface area contributed by atoms with Crippen LogP contribution in [0.2, 0.25) is 0 Å². The largest absolute Gasteiger partial charge is 0.349 e. The third-order valence-electron chi connectivity index (χ3n) is 3.58. The van der Waals surface area contributed by atoms with Crippen LogP contribution >= 0.6 is 0 Å². The number of hydrogen-bond donors (Lipinski definition) is 1. The Morgan fingerprint density at radius 3 is 2.71 bits per heavy atom. The van der Waals surface area contributed by atoms with E-state index in [0.29, 0.717) is 12.1 Å². The van der Waals surface area contributed by atoms with Crippen LogP contribution in [0.5, 0.6) is 0 Å². The van der Waals surface area contributed by atoms with Gasteiger partial charge in [-0.3, -0.25) is 4.79 Å². The summed E-state index contributed by atoms with van der Waals surface area (Å²) in [6.45, 7) is 3.27. The van der Waals surface area contributed by atoms with Crippen molar-refractivity contribution in [3.63, 3.8) is 0 Å². The first-order valence-electron chi connectivity index (χ1n) is 6.23. The quantitative estimate of drug-likeness (QED) is 0.844. The fraction of sp³-hybridized carbons (Fsp3) is 0.500. The van der Waals surface area contributed by atoms with Crippen LogP contribution in [-0.2, 0) is 0 Å².